The molecule has 0 saturated heterocycles. The van der Waals surface area contributed by atoms with Gasteiger partial charge in [0.2, 0.25) is 0 Å². The quantitative estimate of drug-likeness (QED) is 0.909. The molecule has 2 aromatic rings. The van der Waals surface area contributed by atoms with Gasteiger partial charge in [0.25, 0.3) is 0 Å². The number of hydrogen-bond donors (Lipinski definition) is 1. The van der Waals surface area contributed by atoms with Crippen LogP contribution in [0.4, 0.5) is 0 Å². The Balaban J connectivity index is 2.32. The molecule has 0 fully saturated rings. The predicted molar refractivity (Wildman–Crippen MR) is 79.9 cm³/mol. The van der Waals surface area contributed by atoms with Crippen LogP contribution in [-0.4, -0.2) is 9.78 Å². The fourth-order valence-corrected chi connectivity index (χ4v) is 3.46. The molecule has 5 heteroatoms. The molecule has 0 aromatic carbocycles. The lowest BCUT2D eigenvalue weighted by atomic mass is 10.2. The maximum atomic E-state index is 6.38. The SMILES string of the molecule is CCCn1ncc(Br)c1C(N)c1ccc(CC)s1. The molecule has 2 heterocycles. The zero-order valence-corrected chi connectivity index (χ0v) is 13.1. The van der Waals surface area contributed by atoms with E-state index in [1.807, 2.05) is 10.9 Å². The van der Waals surface area contributed by atoms with Crippen LogP contribution in [-0.2, 0) is 13.0 Å². The summed E-state index contributed by atoms with van der Waals surface area (Å²) in [5.41, 5.74) is 7.45. The Labute approximate surface area is 120 Å². The van der Waals surface area contributed by atoms with Gasteiger partial charge in [0.15, 0.2) is 0 Å². The Morgan fingerprint density at radius 2 is 2.22 bits per heavy atom. The van der Waals surface area contributed by atoms with Crippen molar-refractivity contribution in [3.8, 4) is 0 Å². The lowest BCUT2D eigenvalue weighted by Gasteiger charge is -2.13. The first-order valence-corrected chi connectivity index (χ1v) is 7.83. The second-order valence-electron chi connectivity index (χ2n) is 4.24. The van der Waals surface area contributed by atoms with Gasteiger partial charge in [-0.15, -0.1) is 11.3 Å². The van der Waals surface area contributed by atoms with Crippen molar-refractivity contribution in [3.63, 3.8) is 0 Å². The lowest BCUT2D eigenvalue weighted by molar-refractivity contribution is 0.560. The Bertz CT molecular complexity index is 518. The Hall–Kier alpha value is -0.650. The number of nitrogens with two attached hydrogens (primary N) is 1. The second-order valence-corrected chi connectivity index (χ2v) is 6.29. The van der Waals surface area contributed by atoms with E-state index in [0.717, 1.165) is 29.6 Å². The van der Waals surface area contributed by atoms with Crippen LogP contribution in [0, 0.1) is 0 Å². The molecular formula is C13H18BrN3S. The Morgan fingerprint density at radius 1 is 1.44 bits per heavy atom. The van der Waals surface area contributed by atoms with Crippen LogP contribution in [0.3, 0.4) is 0 Å². The fraction of sp³-hybridized carbons (Fsp3) is 0.462. The number of halogens is 1. The summed E-state index contributed by atoms with van der Waals surface area (Å²) in [6.45, 7) is 5.21. The zero-order valence-electron chi connectivity index (χ0n) is 10.7. The molecule has 0 amide bonds. The van der Waals surface area contributed by atoms with E-state index < -0.39 is 0 Å². The van der Waals surface area contributed by atoms with Crippen LogP contribution in [0.25, 0.3) is 0 Å². The molecule has 2 N–H and O–H groups in total. The molecule has 0 saturated carbocycles. The zero-order chi connectivity index (χ0) is 13.1. The van der Waals surface area contributed by atoms with Gasteiger partial charge in [-0.05, 0) is 40.9 Å². The van der Waals surface area contributed by atoms with Gasteiger partial charge < -0.3 is 5.73 Å². The first-order chi connectivity index (χ1) is 8.67. The molecule has 2 rings (SSSR count). The molecule has 1 atom stereocenters. The smallest absolute Gasteiger partial charge is 0.0828 e. The van der Waals surface area contributed by atoms with E-state index in [1.54, 1.807) is 11.3 Å². The van der Waals surface area contributed by atoms with Gasteiger partial charge in [-0.2, -0.15) is 5.10 Å². The number of aryl methyl sites for hydroxylation is 2. The van der Waals surface area contributed by atoms with Crippen molar-refractivity contribution < 1.29 is 0 Å². The van der Waals surface area contributed by atoms with E-state index in [9.17, 15) is 0 Å². The maximum Gasteiger partial charge on any atom is 0.0828 e. The van der Waals surface area contributed by atoms with Crippen LogP contribution >= 0.6 is 27.3 Å². The van der Waals surface area contributed by atoms with Gasteiger partial charge in [-0.1, -0.05) is 13.8 Å². The number of aromatic nitrogens is 2. The monoisotopic (exact) mass is 327 g/mol. The number of thiophene rings is 1. The highest BCUT2D eigenvalue weighted by atomic mass is 79.9. The Morgan fingerprint density at radius 3 is 2.83 bits per heavy atom. The summed E-state index contributed by atoms with van der Waals surface area (Å²) in [4.78, 5) is 2.57. The van der Waals surface area contributed by atoms with Crippen molar-refractivity contribution in [2.45, 2.75) is 39.3 Å². The van der Waals surface area contributed by atoms with Gasteiger partial charge in [0, 0.05) is 16.3 Å². The third-order valence-electron chi connectivity index (χ3n) is 2.90. The van der Waals surface area contributed by atoms with Crippen LogP contribution < -0.4 is 5.73 Å². The van der Waals surface area contributed by atoms with Gasteiger partial charge in [-0.25, -0.2) is 0 Å². The van der Waals surface area contributed by atoms with E-state index >= 15 is 0 Å². The number of hydrogen-bond acceptors (Lipinski definition) is 3. The molecule has 0 bridgehead atoms. The molecule has 98 valence electrons. The van der Waals surface area contributed by atoms with E-state index in [0.29, 0.717) is 0 Å². The van der Waals surface area contributed by atoms with Gasteiger partial charge in [0.05, 0.1) is 22.4 Å². The summed E-state index contributed by atoms with van der Waals surface area (Å²) in [7, 11) is 0. The largest absolute Gasteiger partial charge is 0.318 e. The third kappa shape index (κ3) is 2.68. The highest BCUT2D eigenvalue weighted by molar-refractivity contribution is 9.10. The van der Waals surface area contributed by atoms with Crippen LogP contribution in [0.5, 0.6) is 0 Å². The van der Waals surface area contributed by atoms with Crippen molar-refractivity contribution in [2.24, 2.45) is 5.73 Å². The molecule has 0 radical (unpaired) electrons. The molecule has 0 aliphatic rings. The van der Waals surface area contributed by atoms with Gasteiger partial charge >= 0.3 is 0 Å². The van der Waals surface area contributed by atoms with Crippen molar-refractivity contribution in [3.05, 3.63) is 38.3 Å². The highest BCUT2D eigenvalue weighted by Crippen LogP contribution is 2.31. The van der Waals surface area contributed by atoms with E-state index in [4.69, 9.17) is 5.73 Å². The normalized spacial score (nSPS) is 12.9. The lowest BCUT2D eigenvalue weighted by Crippen LogP contribution is -2.17. The Kier molecular flexibility index (Phi) is 4.59. The van der Waals surface area contributed by atoms with Crippen LogP contribution in [0.15, 0.2) is 22.8 Å². The van der Waals surface area contributed by atoms with Crippen molar-refractivity contribution in [2.75, 3.05) is 0 Å². The van der Waals surface area contributed by atoms with Crippen molar-refractivity contribution >= 4 is 27.3 Å². The number of rotatable bonds is 5. The summed E-state index contributed by atoms with van der Waals surface area (Å²) >= 11 is 5.34. The summed E-state index contributed by atoms with van der Waals surface area (Å²) < 4.78 is 3.00. The van der Waals surface area contributed by atoms with E-state index in [2.05, 4.69) is 47.0 Å². The van der Waals surface area contributed by atoms with Crippen LogP contribution in [0.1, 0.15) is 41.8 Å². The minimum atomic E-state index is -0.0984. The van der Waals surface area contributed by atoms with Crippen molar-refractivity contribution in [1.82, 2.24) is 9.78 Å². The average Bonchev–Trinajstić information content (AvgIpc) is 2.96. The molecule has 0 aliphatic heterocycles. The second kappa shape index (κ2) is 5.99. The first kappa shape index (κ1) is 13.8. The minimum absolute atomic E-state index is 0.0984. The third-order valence-corrected chi connectivity index (χ3v) is 4.82. The fourth-order valence-electron chi connectivity index (χ4n) is 1.96. The summed E-state index contributed by atoms with van der Waals surface area (Å²) in [5.74, 6) is 0. The summed E-state index contributed by atoms with van der Waals surface area (Å²) in [5, 5.41) is 4.37. The molecular weight excluding hydrogens is 310 g/mol. The molecule has 2 aromatic heterocycles. The summed E-state index contributed by atoms with van der Waals surface area (Å²) in [6.07, 6.45) is 3.95. The molecule has 18 heavy (non-hydrogen) atoms. The number of nitrogens with zero attached hydrogens (tertiary/aromatic N) is 2. The maximum absolute atomic E-state index is 6.38. The molecule has 0 spiro atoms. The van der Waals surface area contributed by atoms with E-state index in [-0.39, 0.29) is 6.04 Å². The van der Waals surface area contributed by atoms with Gasteiger partial charge in [0.1, 0.15) is 0 Å². The molecule has 3 nitrogen and oxygen atoms in total. The molecule has 0 aliphatic carbocycles. The van der Waals surface area contributed by atoms with Gasteiger partial charge in [-0.3, -0.25) is 4.68 Å². The topological polar surface area (TPSA) is 43.8 Å². The van der Waals surface area contributed by atoms with Crippen molar-refractivity contribution in [1.29, 1.82) is 0 Å². The average molecular weight is 328 g/mol. The molecule has 1 unspecified atom stereocenters. The van der Waals surface area contributed by atoms with Crippen LogP contribution in [0.2, 0.25) is 0 Å². The summed E-state index contributed by atoms with van der Waals surface area (Å²) in [6, 6.07) is 4.19. The minimum Gasteiger partial charge on any atom is -0.318 e. The van der Waals surface area contributed by atoms with E-state index in [1.165, 1.54) is 9.75 Å². The first-order valence-electron chi connectivity index (χ1n) is 6.22. The predicted octanol–water partition coefficient (Wildman–Crippen LogP) is 3.73. The standard InChI is InChI=1S/C13H18BrN3S/c1-3-7-17-13(10(14)8-16-17)12(15)11-6-5-9(4-2)18-11/h5-6,8,12H,3-4,7,15H2,1-2H3. The highest BCUT2D eigenvalue weighted by Gasteiger charge is 2.19.